The topological polar surface area (TPSA) is 72.3 Å². The Kier molecular flexibility index (Phi) is 2.97. The number of hydrogen-bond acceptors (Lipinski definition) is 3. The summed E-state index contributed by atoms with van der Waals surface area (Å²) in [7, 11) is 0. The van der Waals surface area contributed by atoms with E-state index in [1.807, 2.05) is 6.92 Å². The quantitative estimate of drug-likeness (QED) is 0.447. The standard InChI is InChI=1S/C5H14N2O/c1-2-5(7,3-6)4-8/h8H,2-4,6-7H2,1H3. The highest BCUT2D eigenvalue weighted by atomic mass is 16.3. The van der Waals surface area contributed by atoms with E-state index in [-0.39, 0.29) is 6.61 Å². The van der Waals surface area contributed by atoms with E-state index in [4.69, 9.17) is 16.6 Å². The molecule has 0 heterocycles. The predicted molar refractivity (Wildman–Crippen MR) is 33.3 cm³/mol. The number of nitrogens with two attached hydrogens (primary N) is 2. The van der Waals surface area contributed by atoms with Crippen LogP contribution in [0.2, 0.25) is 0 Å². The highest BCUT2D eigenvalue weighted by Gasteiger charge is 2.17. The largest absolute Gasteiger partial charge is 0.394 e. The van der Waals surface area contributed by atoms with Crippen LogP contribution in [0, 0.1) is 0 Å². The lowest BCUT2D eigenvalue weighted by Crippen LogP contribution is -2.49. The second-order valence-electron chi connectivity index (χ2n) is 2.08. The molecule has 0 fully saturated rings. The van der Waals surface area contributed by atoms with Crippen LogP contribution in [-0.4, -0.2) is 23.8 Å². The van der Waals surface area contributed by atoms with Crippen molar-refractivity contribution in [2.75, 3.05) is 13.2 Å². The fraction of sp³-hybridized carbons (Fsp3) is 1.00. The maximum absolute atomic E-state index is 8.58. The minimum Gasteiger partial charge on any atom is -0.394 e. The molecule has 0 spiro atoms. The first-order chi connectivity index (χ1) is 3.68. The van der Waals surface area contributed by atoms with Crippen molar-refractivity contribution >= 4 is 0 Å². The van der Waals surface area contributed by atoms with E-state index in [0.717, 1.165) is 6.42 Å². The average Bonchev–Trinajstić information content (AvgIpc) is 1.87. The maximum Gasteiger partial charge on any atom is 0.0623 e. The molecule has 0 bridgehead atoms. The number of aliphatic hydroxyl groups excluding tert-OH is 1. The van der Waals surface area contributed by atoms with Crippen molar-refractivity contribution in [3.05, 3.63) is 0 Å². The monoisotopic (exact) mass is 118 g/mol. The summed E-state index contributed by atoms with van der Waals surface area (Å²) in [6.45, 7) is 2.23. The Bertz CT molecular complexity index is 53.2. The van der Waals surface area contributed by atoms with Gasteiger partial charge in [-0.25, -0.2) is 0 Å². The molecule has 0 rings (SSSR count). The second kappa shape index (κ2) is 3.02. The molecule has 0 aliphatic rings. The highest BCUT2D eigenvalue weighted by molar-refractivity contribution is 4.81. The van der Waals surface area contributed by atoms with Crippen LogP contribution < -0.4 is 11.5 Å². The molecule has 0 aliphatic heterocycles. The first-order valence-electron chi connectivity index (χ1n) is 2.78. The van der Waals surface area contributed by atoms with Gasteiger partial charge in [0.25, 0.3) is 0 Å². The van der Waals surface area contributed by atoms with Gasteiger partial charge >= 0.3 is 0 Å². The molecule has 0 aromatic heterocycles. The molecule has 0 aromatic carbocycles. The molecule has 0 saturated carbocycles. The van der Waals surface area contributed by atoms with E-state index in [1.54, 1.807) is 0 Å². The van der Waals surface area contributed by atoms with E-state index >= 15 is 0 Å². The minimum atomic E-state index is -0.542. The fourth-order valence-corrected chi connectivity index (χ4v) is 0.321. The third kappa shape index (κ3) is 1.78. The van der Waals surface area contributed by atoms with Gasteiger partial charge in [0.1, 0.15) is 0 Å². The smallest absolute Gasteiger partial charge is 0.0623 e. The summed E-state index contributed by atoms with van der Waals surface area (Å²) in [5, 5.41) is 8.58. The molecule has 50 valence electrons. The summed E-state index contributed by atoms with van der Waals surface area (Å²) in [5.74, 6) is 0. The summed E-state index contributed by atoms with van der Waals surface area (Å²) in [6, 6.07) is 0. The van der Waals surface area contributed by atoms with Gasteiger partial charge in [-0.3, -0.25) is 0 Å². The minimum absolute atomic E-state index is 0.0278. The molecule has 3 nitrogen and oxygen atoms in total. The highest BCUT2D eigenvalue weighted by Crippen LogP contribution is 2.00. The number of aliphatic hydroxyl groups is 1. The molecule has 0 aromatic rings. The molecule has 1 atom stereocenters. The Morgan fingerprint density at radius 1 is 1.62 bits per heavy atom. The van der Waals surface area contributed by atoms with Gasteiger partial charge in [-0.2, -0.15) is 0 Å². The van der Waals surface area contributed by atoms with Crippen LogP contribution in [0.1, 0.15) is 13.3 Å². The number of hydrogen-bond donors (Lipinski definition) is 3. The first-order valence-corrected chi connectivity index (χ1v) is 2.78. The average molecular weight is 118 g/mol. The summed E-state index contributed by atoms with van der Waals surface area (Å²) < 4.78 is 0. The van der Waals surface area contributed by atoms with Crippen LogP contribution in [0.15, 0.2) is 0 Å². The van der Waals surface area contributed by atoms with Gasteiger partial charge in [-0.1, -0.05) is 6.92 Å². The van der Waals surface area contributed by atoms with Gasteiger partial charge in [-0.15, -0.1) is 0 Å². The second-order valence-corrected chi connectivity index (χ2v) is 2.08. The van der Waals surface area contributed by atoms with Crippen LogP contribution in [0.4, 0.5) is 0 Å². The van der Waals surface area contributed by atoms with Gasteiger partial charge in [-0.05, 0) is 6.42 Å². The van der Waals surface area contributed by atoms with E-state index < -0.39 is 5.54 Å². The lowest BCUT2D eigenvalue weighted by molar-refractivity contribution is 0.196. The molecular formula is C5H14N2O. The van der Waals surface area contributed by atoms with E-state index in [2.05, 4.69) is 0 Å². The summed E-state index contributed by atoms with van der Waals surface area (Å²) >= 11 is 0. The zero-order valence-corrected chi connectivity index (χ0v) is 5.22. The van der Waals surface area contributed by atoms with E-state index in [9.17, 15) is 0 Å². The Morgan fingerprint density at radius 2 is 2.12 bits per heavy atom. The zero-order valence-electron chi connectivity index (χ0n) is 5.22. The van der Waals surface area contributed by atoms with E-state index in [0.29, 0.717) is 6.54 Å². The molecular weight excluding hydrogens is 104 g/mol. The Hall–Kier alpha value is -0.120. The SMILES string of the molecule is CCC(N)(CN)CO. The predicted octanol–water partition coefficient (Wildman–Crippen LogP) is -0.955. The van der Waals surface area contributed by atoms with Crippen molar-refractivity contribution in [1.82, 2.24) is 0 Å². The van der Waals surface area contributed by atoms with Gasteiger partial charge in [0.2, 0.25) is 0 Å². The summed E-state index contributed by atoms with van der Waals surface area (Å²) in [5.41, 5.74) is 10.2. The molecule has 0 amide bonds. The Balaban J connectivity index is 3.58. The molecule has 3 heteroatoms. The van der Waals surface area contributed by atoms with Gasteiger partial charge in [0.15, 0.2) is 0 Å². The van der Waals surface area contributed by atoms with Crippen molar-refractivity contribution in [2.24, 2.45) is 11.5 Å². The van der Waals surface area contributed by atoms with Crippen LogP contribution >= 0.6 is 0 Å². The molecule has 0 radical (unpaired) electrons. The Labute approximate surface area is 49.7 Å². The van der Waals surface area contributed by atoms with Crippen molar-refractivity contribution in [2.45, 2.75) is 18.9 Å². The van der Waals surface area contributed by atoms with E-state index in [1.165, 1.54) is 0 Å². The number of rotatable bonds is 3. The summed E-state index contributed by atoms with van der Waals surface area (Å²) in [4.78, 5) is 0. The molecule has 1 unspecified atom stereocenters. The first kappa shape index (κ1) is 7.88. The molecule has 0 aliphatic carbocycles. The lowest BCUT2D eigenvalue weighted by atomic mass is 10.00. The Morgan fingerprint density at radius 3 is 2.12 bits per heavy atom. The lowest BCUT2D eigenvalue weighted by Gasteiger charge is -2.22. The van der Waals surface area contributed by atoms with Crippen molar-refractivity contribution in [3.8, 4) is 0 Å². The van der Waals surface area contributed by atoms with Gasteiger partial charge < -0.3 is 16.6 Å². The molecule has 5 N–H and O–H groups in total. The normalized spacial score (nSPS) is 18.0. The zero-order chi connectivity index (χ0) is 6.62. The summed E-state index contributed by atoms with van der Waals surface area (Å²) in [6.07, 6.45) is 0.722. The van der Waals surface area contributed by atoms with Crippen LogP contribution in [0.3, 0.4) is 0 Å². The van der Waals surface area contributed by atoms with Gasteiger partial charge in [0, 0.05) is 6.54 Å². The van der Waals surface area contributed by atoms with Crippen LogP contribution in [0.5, 0.6) is 0 Å². The molecule has 8 heavy (non-hydrogen) atoms. The van der Waals surface area contributed by atoms with Crippen molar-refractivity contribution in [1.29, 1.82) is 0 Å². The third-order valence-electron chi connectivity index (χ3n) is 1.43. The molecule has 0 saturated heterocycles. The van der Waals surface area contributed by atoms with Crippen molar-refractivity contribution < 1.29 is 5.11 Å². The fourth-order valence-electron chi connectivity index (χ4n) is 0.321. The van der Waals surface area contributed by atoms with Crippen LogP contribution in [-0.2, 0) is 0 Å². The van der Waals surface area contributed by atoms with Crippen molar-refractivity contribution in [3.63, 3.8) is 0 Å². The van der Waals surface area contributed by atoms with Crippen LogP contribution in [0.25, 0.3) is 0 Å². The van der Waals surface area contributed by atoms with Gasteiger partial charge in [0.05, 0.1) is 12.1 Å². The maximum atomic E-state index is 8.58. The third-order valence-corrected chi connectivity index (χ3v) is 1.43.